The quantitative estimate of drug-likeness (QED) is 0.747. The molecule has 24 heavy (non-hydrogen) atoms. The number of nitrogens with zero attached hydrogens (tertiary/aromatic N) is 1. The van der Waals surface area contributed by atoms with Crippen LogP contribution < -0.4 is 5.32 Å². The van der Waals surface area contributed by atoms with Crippen LogP contribution in [0.3, 0.4) is 0 Å². The molecule has 0 spiro atoms. The topological polar surface area (TPSA) is 42.0 Å². The van der Waals surface area contributed by atoms with Crippen LogP contribution in [0, 0.1) is 5.92 Å². The molecule has 1 amide bonds. The lowest BCUT2D eigenvalue weighted by Crippen LogP contribution is -2.32. The number of amides is 1. The maximum atomic E-state index is 12.7. The molecule has 1 aromatic carbocycles. The molecule has 4 heteroatoms. The monoisotopic (exact) mass is 342 g/mol. The second kappa shape index (κ2) is 8.34. The van der Waals surface area contributed by atoms with E-state index in [2.05, 4.69) is 62.3 Å². The van der Waals surface area contributed by atoms with Crippen molar-refractivity contribution in [3.63, 3.8) is 0 Å². The lowest BCUT2D eigenvalue weighted by atomic mass is 9.93. The maximum absolute atomic E-state index is 12.7. The molecule has 1 aromatic heterocycles. The third-order valence-corrected chi connectivity index (χ3v) is 4.84. The van der Waals surface area contributed by atoms with Crippen molar-refractivity contribution in [1.29, 1.82) is 0 Å². The molecule has 0 bridgehead atoms. The summed E-state index contributed by atoms with van der Waals surface area (Å²) in [4.78, 5) is 17.0. The van der Waals surface area contributed by atoms with Gasteiger partial charge in [-0.2, -0.15) is 0 Å². The number of hydrogen-bond donors (Lipinski definition) is 1. The molecule has 0 aliphatic carbocycles. The standard InChI is InChI=1S/C20H26N2OS/c1-13(2)15-8-10-16(11-9-15)18(14(3)4)22-19(23)17-7-6-12-21-20(17)24-5/h6-14,18H,1-5H3,(H,22,23). The highest BCUT2D eigenvalue weighted by Crippen LogP contribution is 2.25. The van der Waals surface area contributed by atoms with Crippen molar-refractivity contribution >= 4 is 17.7 Å². The zero-order chi connectivity index (χ0) is 17.7. The van der Waals surface area contributed by atoms with Crippen molar-refractivity contribution in [3.8, 4) is 0 Å². The zero-order valence-electron chi connectivity index (χ0n) is 15.0. The third-order valence-electron chi connectivity index (χ3n) is 4.12. The first-order valence-electron chi connectivity index (χ1n) is 8.33. The van der Waals surface area contributed by atoms with E-state index >= 15 is 0 Å². The number of carbonyl (C=O) groups excluding carboxylic acids is 1. The van der Waals surface area contributed by atoms with Gasteiger partial charge in [-0.15, -0.1) is 11.8 Å². The van der Waals surface area contributed by atoms with Gasteiger partial charge in [-0.05, 0) is 41.4 Å². The van der Waals surface area contributed by atoms with Gasteiger partial charge in [-0.1, -0.05) is 52.0 Å². The van der Waals surface area contributed by atoms with E-state index in [1.165, 1.54) is 17.3 Å². The number of nitrogens with one attached hydrogen (secondary N) is 1. The number of hydrogen-bond acceptors (Lipinski definition) is 3. The first kappa shape index (κ1) is 18.5. The van der Waals surface area contributed by atoms with E-state index in [9.17, 15) is 4.79 Å². The summed E-state index contributed by atoms with van der Waals surface area (Å²) in [6.45, 7) is 8.62. The number of pyridine rings is 1. The first-order valence-corrected chi connectivity index (χ1v) is 9.56. The molecule has 1 atom stereocenters. The Hall–Kier alpha value is -1.81. The molecule has 1 N–H and O–H groups in total. The van der Waals surface area contributed by atoms with Gasteiger partial charge in [0.1, 0.15) is 5.03 Å². The fraction of sp³-hybridized carbons (Fsp3) is 0.400. The van der Waals surface area contributed by atoms with E-state index in [1.54, 1.807) is 12.3 Å². The minimum atomic E-state index is -0.0703. The van der Waals surface area contributed by atoms with Crippen LogP contribution in [0.4, 0.5) is 0 Å². The van der Waals surface area contributed by atoms with Gasteiger partial charge >= 0.3 is 0 Å². The van der Waals surface area contributed by atoms with E-state index in [1.807, 2.05) is 12.3 Å². The van der Waals surface area contributed by atoms with Crippen LogP contribution in [0.25, 0.3) is 0 Å². The normalized spacial score (nSPS) is 12.5. The summed E-state index contributed by atoms with van der Waals surface area (Å²) in [5, 5.41) is 3.94. The molecular weight excluding hydrogens is 316 g/mol. The van der Waals surface area contributed by atoms with Crippen LogP contribution in [0.5, 0.6) is 0 Å². The zero-order valence-corrected chi connectivity index (χ0v) is 15.9. The average molecular weight is 343 g/mol. The predicted molar refractivity (Wildman–Crippen MR) is 102 cm³/mol. The van der Waals surface area contributed by atoms with Gasteiger partial charge < -0.3 is 5.32 Å². The summed E-state index contributed by atoms with van der Waals surface area (Å²) in [6.07, 6.45) is 3.65. The van der Waals surface area contributed by atoms with Crippen molar-refractivity contribution in [2.45, 2.75) is 44.7 Å². The highest BCUT2D eigenvalue weighted by Gasteiger charge is 2.21. The van der Waals surface area contributed by atoms with Crippen LogP contribution in [0.15, 0.2) is 47.6 Å². The van der Waals surface area contributed by atoms with Crippen molar-refractivity contribution in [3.05, 3.63) is 59.3 Å². The number of aromatic nitrogens is 1. The summed E-state index contributed by atoms with van der Waals surface area (Å²) in [5.74, 6) is 0.734. The van der Waals surface area contributed by atoms with Gasteiger partial charge in [0, 0.05) is 6.20 Å². The SMILES string of the molecule is CSc1ncccc1C(=O)NC(c1ccc(C(C)C)cc1)C(C)C. The van der Waals surface area contributed by atoms with E-state index < -0.39 is 0 Å². The largest absolute Gasteiger partial charge is 0.345 e. The summed E-state index contributed by atoms with van der Waals surface area (Å²) in [6, 6.07) is 12.2. The van der Waals surface area contributed by atoms with Crippen molar-refractivity contribution < 1.29 is 4.79 Å². The number of benzene rings is 1. The Balaban J connectivity index is 2.23. The van der Waals surface area contributed by atoms with E-state index in [0.29, 0.717) is 17.4 Å². The molecule has 3 nitrogen and oxygen atoms in total. The van der Waals surface area contributed by atoms with Gasteiger partial charge in [0.2, 0.25) is 0 Å². The van der Waals surface area contributed by atoms with Crippen LogP contribution in [0.2, 0.25) is 0 Å². The van der Waals surface area contributed by atoms with Crippen molar-refractivity contribution in [1.82, 2.24) is 10.3 Å². The highest BCUT2D eigenvalue weighted by molar-refractivity contribution is 7.98. The van der Waals surface area contributed by atoms with Crippen LogP contribution in [-0.2, 0) is 0 Å². The number of rotatable bonds is 6. The van der Waals surface area contributed by atoms with Crippen LogP contribution in [-0.4, -0.2) is 17.1 Å². The van der Waals surface area contributed by atoms with E-state index in [0.717, 1.165) is 10.6 Å². The molecule has 0 saturated heterocycles. The molecule has 1 unspecified atom stereocenters. The minimum absolute atomic E-state index is 0.0198. The molecule has 0 aliphatic rings. The fourth-order valence-electron chi connectivity index (χ4n) is 2.67. The third kappa shape index (κ3) is 4.38. The van der Waals surface area contributed by atoms with Crippen molar-refractivity contribution in [2.24, 2.45) is 5.92 Å². The molecule has 2 rings (SSSR count). The van der Waals surface area contributed by atoms with Crippen LogP contribution >= 0.6 is 11.8 Å². The Morgan fingerprint density at radius 1 is 1.04 bits per heavy atom. The summed E-state index contributed by atoms with van der Waals surface area (Å²) < 4.78 is 0. The van der Waals surface area contributed by atoms with E-state index in [4.69, 9.17) is 0 Å². The number of carbonyl (C=O) groups is 1. The molecular formula is C20H26N2OS. The maximum Gasteiger partial charge on any atom is 0.254 e. The lowest BCUT2D eigenvalue weighted by Gasteiger charge is -2.24. The molecule has 0 fully saturated rings. The predicted octanol–water partition coefficient (Wildman–Crippen LogP) is 5.05. The summed E-state index contributed by atoms with van der Waals surface area (Å²) in [5.41, 5.74) is 3.08. The molecule has 0 radical (unpaired) electrons. The van der Waals surface area contributed by atoms with Gasteiger partial charge in [0.25, 0.3) is 5.91 Å². The number of thioether (sulfide) groups is 1. The average Bonchev–Trinajstić information content (AvgIpc) is 2.59. The Morgan fingerprint density at radius 2 is 1.67 bits per heavy atom. The second-order valence-corrected chi connectivity index (χ2v) is 7.37. The Bertz CT molecular complexity index is 680. The molecule has 128 valence electrons. The molecule has 0 aliphatic heterocycles. The lowest BCUT2D eigenvalue weighted by molar-refractivity contribution is 0.0922. The fourth-order valence-corrected chi connectivity index (χ4v) is 3.22. The highest BCUT2D eigenvalue weighted by atomic mass is 32.2. The van der Waals surface area contributed by atoms with Gasteiger partial charge in [-0.25, -0.2) is 4.98 Å². The van der Waals surface area contributed by atoms with Crippen molar-refractivity contribution in [2.75, 3.05) is 6.26 Å². The minimum Gasteiger partial charge on any atom is -0.345 e. The Morgan fingerprint density at radius 3 is 2.21 bits per heavy atom. The first-order chi connectivity index (χ1) is 11.4. The molecule has 1 heterocycles. The van der Waals surface area contributed by atoms with Crippen LogP contribution in [0.1, 0.15) is 61.1 Å². The summed E-state index contributed by atoms with van der Waals surface area (Å²) >= 11 is 1.49. The van der Waals surface area contributed by atoms with Gasteiger partial charge in [0.05, 0.1) is 11.6 Å². The van der Waals surface area contributed by atoms with Gasteiger partial charge in [-0.3, -0.25) is 4.79 Å². The molecule has 2 aromatic rings. The van der Waals surface area contributed by atoms with E-state index in [-0.39, 0.29) is 11.9 Å². The summed E-state index contributed by atoms with van der Waals surface area (Å²) in [7, 11) is 0. The van der Waals surface area contributed by atoms with Gasteiger partial charge in [0.15, 0.2) is 0 Å². The second-order valence-electron chi connectivity index (χ2n) is 6.58. The smallest absolute Gasteiger partial charge is 0.254 e. The molecule has 0 saturated carbocycles. The Labute approximate surface area is 149 Å². The Kier molecular flexibility index (Phi) is 6.44.